The number of aromatic nitrogens is 4. The van der Waals surface area contributed by atoms with Crippen molar-refractivity contribution in [2.24, 2.45) is 0 Å². The van der Waals surface area contributed by atoms with Gasteiger partial charge in [0.25, 0.3) is 0 Å². The van der Waals surface area contributed by atoms with Crippen LogP contribution < -0.4 is 4.74 Å². The fourth-order valence-corrected chi connectivity index (χ4v) is 4.87. The van der Waals surface area contributed by atoms with Gasteiger partial charge in [-0.05, 0) is 58.3 Å². The molecular formula is C26H21IN4O. The molecule has 0 aliphatic rings. The summed E-state index contributed by atoms with van der Waals surface area (Å²) in [5.74, 6) is 0.878. The van der Waals surface area contributed by atoms with E-state index in [9.17, 15) is 0 Å². The molecule has 0 aliphatic carbocycles. The van der Waals surface area contributed by atoms with Crippen molar-refractivity contribution in [1.82, 2.24) is 19.7 Å². The van der Waals surface area contributed by atoms with E-state index < -0.39 is 5.54 Å². The number of benzene rings is 3. The zero-order chi connectivity index (χ0) is 22.0. The maximum absolute atomic E-state index is 5.82. The number of hydrogen-bond donors (Lipinski definition) is 0. The normalized spacial score (nSPS) is 11.6. The highest BCUT2D eigenvalue weighted by Crippen LogP contribution is 2.42. The maximum atomic E-state index is 5.82. The van der Waals surface area contributed by atoms with Crippen LogP contribution >= 0.6 is 22.6 Å². The first kappa shape index (κ1) is 20.6. The van der Waals surface area contributed by atoms with Crippen molar-refractivity contribution in [2.75, 3.05) is 6.61 Å². The van der Waals surface area contributed by atoms with Crippen molar-refractivity contribution in [1.29, 1.82) is 0 Å². The average Bonchev–Trinajstić information content (AvgIpc) is 3.27. The lowest BCUT2D eigenvalue weighted by Gasteiger charge is -2.36. The molecule has 0 saturated heterocycles. The summed E-state index contributed by atoms with van der Waals surface area (Å²) < 4.78 is 8.89. The SMILES string of the molecule is CCOc1ccc(C(c2ccccc2)(c2ccccc2)n2cc3cncnc3n2)cc1I. The van der Waals surface area contributed by atoms with E-state index in [1.54, 1.807) is 6.20 Å². The highest BCUT2D eigenvalue weighted by atomic mass is 127. The van der Waals surface area contributed by atoms with E-state index in [-0.39, 0.29) is 0 Å². The van der Waals surface area contributed by atoms with Crippen LogP contribution in [0.2, 0.25) is 0 Å². The molecule has 5 nitrogen and oxygen atoms in total. The van der Waals surface area contributed by atoms with E-state index in [1.165, 1.54) is 6.33 Å². The molecule has 0 spiro atoms. The maximum Gasteiger partial charge on any atom is 0.184 e. The van der Waals surface area contributed by atoms with Crippen LogP contribution in [0.25, 0.3) is 11.0 Å². The van der Waals surface area contributed by atoms with E-state index in [0.29, 0.717) is 12.3 Å². The Bertz CT molecular complexity index is 1280. The van der Waals surface area contributed by atoms with Crippen molar-refractivity contribution in [2.45, 2.75) is 12.5 Å². The minimum atomic E-state index is -0.701. The summed E-state index contributed by atoms with van der Waals surface area (Å²) in [6.45, 7) is 2.62. The Labute approximate surface area is 200 Å². The molecule has 3 aromatic carbocycles. The molecule has 2 aromatic heterocycles. The standard InChI is InChI=1S/C26H21IN4O/c1-2-32-24-14-13-22(15-23(24)27)26(20-9-5-3-6-10-20,21-11-7-4-8-12-21)31-17-19-16-28-18-29-25(19)30-31/h3-18H,2H2,1H3. The van der Waals surface area contributed by atoms with Gasteiger partial charge < -0.3 is 4.74 Å². The minimum absolute atomic E-state index is 0.626. The summed E-state index contributed by atoms with van der Waals surface area (Å²) in [5, 5.41) is 5.83. The Hall–Kier alpha value is -3.26. The van der Waals surface area contributed by atoms with Gasteiger partial charge >= 0.3 is 0 Å². The third-order valence-corrected chi connectivity index (χ3v) is 6.40. The molecule has 0 unspecified atom stereocenters. The van der Waals surface area contributed by atoms with Gasteiger partial charge in [-0.2, -0.15) is 5.10 Å². The van der Waals surface area contributed by atoms with Crippen LogP contribution in [0, 0.1) is 3.57 Å². The van der Waals surface area contributed by atoms with Gasteiger partial charge in [-0.3, -0.25) is 4.68 Å². The average molecular weight is 532 g/mol. The molecule has 0 atom stereocenters. The first-order valence-electron chi connectivity index (χ1n) is 10.4. The molecule has 6 heteroatoms. The van der Waals surface area contributed by atoms with E-state index in [4.69, 9.17) is 9.84 Å². The summed E-state index contributed by atoms with van der Waals surface area (Å²) >= 11 is 2.34. The largest absolute Gasteiger partial charge is 0.493 e. The van der Waals surface area contributed by atoms with E-state index in [1.807, 2.05) is 36.0 Å². The first-order valence-corrected chi connectivity index (χ1v) is 11.5. The smallest absolute Gasteiger partial charge is 0.184 e. The van der Waals surface area contributed by atoms with Crippen molar-refractivity contribution in [3.8, 4) is 5.75 Å². The third-order valence-electron chi connectivity index (χ3n) is 5.56. The highest BCUT2D eigenvalue weighted by Gasteiger charge is 2.40. The van der Waals surface area contributed by atoms with Gasteiger partial charge in [0.05, 0.1) is 15.6 Å². The number of hydrogen-bond acceptors (Lipinski definition) is 4. The van der Waals surface area contributed by atoms with Crippen LogP contribution in [0.4, 0.5) is 0 Å². The topological polar surface area (TPSA) is 52.8 Å². The quantitative estimate of drug-likeness (QED) is 0.209. The van der Waals surface area contributed by atoms with Crippen molar-refractivity contribution < 1.29 is 4.74 Å². The molecule has 0 bridgehead atoms. The Kier molecular flexibility index (Phi) is 5.61. The lowest BCUT2D eigenvalue weighted by molar-refractivity contribution is 0.337. The molecule has 0 saturated carbocycles. The van der Waals surface area contributed by atoms with Crippen LogP contribution in [-0.4, -0.2) is 26.4 Å². The monoisotopic (exact) mass is 532 g/mol. The van der Waals surface area contributed by atoms with E-state index >= 15 is 0 Å². The van der Waals surface area contributed by atoms with Crippen LogP contribution in [-0.2, 0) is 5.54 Å². The van der Waals surface area contributed by atoms with Crippen molar-refractivity contribution in [3.05, 3.63) is 118 Å². The Morgan fingerprint density at radius 3 is 2.19 bits per heavy atom. The van der Waals surface area contributed by atoms with E-state index in [0.717, 1.165) is 31.4 Å². The van der Waals surface area contributed by atoms with Gasteiger partial charge in [-0.15, -0.1) is 0 Å². The Balaban J connectivity index is 1.88. The Morgan fingerprint density at radius 1 is 0.906 bits per heavy atom. The van der Waals surface area contributed by atoms with Crippen molar-refractivity contribution >= 4 is 33.6 Å². The number of nitrogens with zero attached hydrogens (tertiary/aromatic N) is 4. The zero-order valence-electron chi connectivity index (χ0n) is 17.5. The Morgan fingerprint density at radius 2 is 1.59 bits per heavy atom. The zero-order valence-corrected chi connectivity index (χ0v) is 19.7. The fraction of sp³-hybridized carbons (Fsp3) is 0.115. The molecule has 5 rings (SSSR count). The number of rotatable bonds is 6. The molecule has 32 heavy (non-hydrogen) atoms. The molecular weight excluding hydrogens is 511 g/mol. The van der Waals surface area contributed by atoms with Gasteiger partial charge in [0, 0.05) is 12.4 Å². The second-order valence-electron chi connectivity index (χ2n) is 7.40. The van der Waals surface area contributed by atoms with Gasteiger partial charge in [-0.1, -0.05) is 66.7 Å². The number of ether oxygens (including phenoxy) is 1. The summed E-state index contributed by atoms with van der Waals surface area (Å²) in [7, 11) is 0. The summed E-state index contributed by atoms with van der Waals surface area (Å²) in [4.78, 5) is 8.58. The van der Waals surface area contributed by atoms with Gasteiger partial charge in [0.1, 0.15) is 17.6 Å². The molecule has 0 radical (unpaired) electrons. The third kappa shape index (κ3) is 3.44. The van der Waals surface area contributed by atoms with Crippen LogP contribution in [0.3, 0.4) is 0 Å². The summed E-state index contributed by atoms with van der Waals surface area (Å²) in [6.07, 6.45) is 5.36. The minimum Gasteiger partial charge on any atom is -0.493 e. The van der Waals surface area contributed by atoms with Crippen LogP contribution in [0.15, 0.2) is 97.6 Å². The molecule has 0 fully saturated rings. The lowest BCUT2D eigenvalue weighted by atomic mass is 9.77. The van der Waals surface area contributed by atoms with Gasteiger partial charge in [0.2, 0.25) is 0 Å². The van der Waals surface area contributed by atoms with Crippen LogP contribution in [0.5, 0.6) is 5.75 Å². The molecule has 2 heterocycles. The molecule has 158 valence electrons. The number of halogens is 1. The van der Waals surface area contributed by atoms with Gasteiger partial charge in [-0.25, -0.2) is 9.97 Å². The van der Waals surface area contributed by atoms with Crippen molar-refractivity contribution in [3.63, 3.8) is 0 Å². The predicted octanol–water partition coefficient (Wildman–Crippen LogP) is 5.67. The first-order chi connectivity index (χ1) is 15.7. The predicted molar refractivity (Wildman–Crippen MR) is 134 cm³/mol. The second kappa shape index (κ2) is 8.70. The number of fused-ring (bicyclic) bond motifs is 1. The fourth-order valence-electron chi connectivity index (χ4n) is 4.20. The van der Waals surface area contributed by atoms with Gasteiger partial charge in [0.15, 0.2) is 5.65 Å². The second-order valence-corrected chi connectivity index (χ2v) is 8.56. The molecule has 0 aliphatic heterocycles. The highest BCUT2D eigenvalue weighted by molar-refractivity contribution is 14.1. The summed E-state index contributed by atoms with van der Waals surface area (Å²) in [6, 6.07) is 27.3. The molecule has 0 N–H and O–H groups in total. The molecule has 0 amide bonds. The van der Waals surface area contributed by atoms with E-state index in [2.05, 4.69) is 93.2 Å². The van der Waals surface area contributed by atoms with Crippen LogP contribution in [0.1, 0.15) is 23.6 Å². The lowest BCUT2D eigenvalue weighted by Crippen LogP contribution is -2.38. The summed E-state index contributed by atoms with van der Waals surface area (Å²) in [5.41, 5.74) is 3.26. The molecule has 5 aromatic rings.